The van der Waals surface area contributed by atoms with Gasteiger partial charge in [0.15, 0.2) is 11.5 Å². The van der Waals surface area contributed by atoms with Gasteiger partial charge < -0.3 is 14.8 Å². The molecule has 0 spiro atoms. The Kier molecular flexibility index (Phi) is 7.45. The van der Waals surface area contributed by atoms with E-state index in [9.17, 15) is 17.6 Å². The minimum atomic E-state index is -4.26. The number of anilines is 1. The predicted octanol–water partition coefficient (Wildman–Crippen LogP) is 4.79. The Bertz CT molecular complexity index is 1280. The maximum Gasteiger partial charge on any atom is 0.262 e. The molecule has 3 aromatic rings. The Morgan fingerprint density at radius 3 is 2.39 bits per heavy atom. The molecule has 3 rings (SSSR count). The topological polar surface area (TPSA) is 93.7 Å². The number of benzene rings is 3. The molecule has 1 unspecified atom stereocenters. The Balaban J connectivity index is 2.00. The molecule has 0 heterocycles. The standard InChI is InChI=1S/C23H22ClFN2O5S/c1-14(15-7-6-8-16(24)11-15)26-23(28)18-12-17(13-21(31-2)22(18)32-3)33(29,30)27-20-10-5-4-9-19(20)25/h4-14,27H,1-3H3,(H,26,28). The Morgan fingerprint density at radius 2 is 1.76 bits per heavy atom. The molecular weight excluding hydrogens is 471 g/mol. The minimum Gasteiger partial charge on any atom is -0.493 e. The van der Waals surface area contributed by atoms with Crippen LogP contribution in [0.3, 0.4) is 0 Å². The highest BCUT2D eigenvalue weighted by Gasteiger charge is 2.25. The van der Waals surface area contributed by atoms with Crippen molar-refractivity contribution in [1.29, 1.82) is 0 Å². The van der Waals surface area contributed by atoms with Crippen molar-refractivity contribution in [2.45, 2.75) is 17.9 Å². The molecule has 0 bridgehead atoms. The van der Waals surface area contributed by atoms with E-state index in [0.29, 0.717) is 5.02 Å². The van der Waals surface area contributed by atoms with Crippen molar-refractivity contribution in [2.75, 3.05) is 18.9 Å². The summed E-state index contributed by atoms with van der Waals surface area (Å²) >= 11 is 6.03. The van der Waals surface area contributed by atoms with Crippen LogP contribution in [0.1, 0.15) is 28.9 Å². The molecule has 0 saturated carbocycles. The van der Waals surface area contributed by atoms with Gasteiger partial charge in [-0.15, -0.1) is 0 Å². The molecule has 174 valence electrons. The summed E-state index contributed by atoms with van der Waals surface area (Å²) in [5.41, 5.74) is 0.458. The maximum absolute atomic E-state index is 14.0. The van der Waals surface area contributed by atoms with Crippen LogP contribution in [0.15, 0.2) is 65.6 Å². The van der Waals surface area contributed by atoms with Crippen LogP contribution < -0.4 is 19.5 Å². The lowest BCUT2D eigenvalue weighted by Gasteiger charge is -2.18. The number of rotatable bonds is 8. The SMILES string of the molecule is COc1cc(S(=O)(=O)Nc2ccccc2F)cc(C(=O)NC(C)c2cccc(Cl)c2)c1OC. The Labute approximate surface area is 196 Å². The van der Waals surface area contributed by atoms with Crippen molar-refractivity contribution >= 4 is 33.2 Å². The molecule has 3 aromatic carbocycles. The number of nitrogens with one attached hydrogen (secondary N) is 2. The molecule has 0 fully saturated rings. The second kappa shape index (κ2) is 10.1. The average molecular weight is 493 g/mol. The van der Waals surface area contributed by atoms with E-state index in [1.807, 2.05) is 0 Å². The van der Waals surface area contributed by atoms with Gasteiger partial charge in [-0.05, 0) is 42.8 Å². The number of hydrogen-bond donors (Lipinski definition) is 2. The normalized spacial score (nSPS) is 12.0. The second-order valence-electron chi connectivity index (χ2n) is 7.04. The second-order valence-corrected chi connectivity index (χ2v) is 9.16. The number of sulfonamides is 1. The molecular formula is C23H22ClFN2O5S. The monoisotopic (exact) mass is 492 g/mol. The molecule has 1 amide bonds. The summed E-state index contributed by atoms with van der Waals surface area (Å²) in [6.45, 7) is 1.76. The van der Waals surface area contributed by atoms with Crippen LogP contribution in [0, 0.1) is 5.82 Å². The zero-order valence-electron chi connectivity index (χ0n) is 18.1. The van der Waals surface area contributed by atoms with E-state index in [2.05, 4.69) is 10.0 Å². The molecule has 0 aliphatic carbocycles. The van der Waals surface area contributed by atoms with Gasteiger partial charge in [-0.3, -0.25) is 9.52 Å². The van der Waals surface area contributed by atoms with Gasteiger partial charge in [0.2, 0.25) is 0 Å². The number of halogens is 2. The van der Waals surface area contributed by atoms with Crippen LogP contribution in [-0.2, 0) is 10.0 Å². The van der Waals surface area contributed by atoms with E-state index < -0.39 is 27.8 Å². The molecule has 33 heavy (non-hydrogen) atoms. The van der Waals surface area contributed by atoms with Gasteiger partial charge in [0.1, 0.15) is 5.82 Å². The number of para-hydroxylation sites is 1. The molecule has 0 saturated heterocycles. The lowest BCUT2D eigenvalue weighted by atomic mass is 10.1. The van der Waals surface area contributed by atoms with E-state index in [-0.39, 0.29) is 27.6 Å². The fourth-order valence-corrected chi connectivity index (χ4v) is 4.45. The summed E-state index contributed by atoms with van der Waals surface area (Å²) in [6, 6.07) is 14.2. The number of hydrogen-bond acceptors (Lipinski definition) is 5. The first-order valence-corrected chi connectivity index (χ1v) is 11.6. The number of amides is 1. The number of methoxy groups -OCH3 is 2. The summed E-state index contributed by atoms with van der Waals surface area (Å²) in [5.74, 6) is -1.26. The van der Waals surface area contributed by atoms with Crippen molar-refractivity contribution < 1.29 is 27.1 Å². The lowest BCUT2D eigenvalue weighted by molar-refractivity contribution is 0.0936. The van der Waals surface area contributed by atoms with Crippen LogP contribution in [0.5, 0.6) is 11.5 Å². The molecule has 1 atom stereocenters. The molecule has 0 aliphatic heterocycles. The largest absolute Gasteiger partial charge is 0.493 e. The lowest BCUT2D eigenvalue weighted by Crippen LogP contribution is -2.27. The van der Waals surface area contributed by atoms with E-state index in [4.69, 9.17) is 21.1 Å². The fraction of sp³-hybridized carbons (Fsp3) is 0.174. The van der Waals surface area contributed by atoms with E-state index in [1.54, 1.807) is 31.2 Å². The highest BCUT2D eigenvalue weighted by Crippen LogP contribution is 2.35. The molecule has 0 aliphatic rings. The van der Waals surface area contributed by atoms with Crippen molar-refractivity contribution in [3.05, 3.63) is 82.6 Å². The summed E-state index contributed by atoms with van der Waals surface area (Å²) in [6.07, 6.45) is 0. The van der Waals surface area contributed by atoms with Gasteiger partial charge in [0, 0.05) is 11.1 Å². The minimum absolute atomic E-state index is 0.0227. The molecule has 7 nitrogen and oxygen atoms in total. The van der Waals surface area contributed by atoms with Crippen LogP contribution >= 0.6 is 11.6 Å². The highest BCUT2D eigenvalue weighted by atomic mass is 35.5. The summed E-state index contributed by atoms with van der Waals surface area (Å²) in [7, 11) is -1.61. The molecule has 10 heteroatoms. The number of carbonyl (C=O) groups is 1. The average Bonchev–Trinajstić information content (AvgIpc) is 2.79. The third-order valence-electron chi connectivity index (χ3n) is 4.82. The van der Waals surface area contributed by atoms with Crippen LogP contribution in [-0.4, -0.2) is 28.5 Å². The fourth-order valence-electron chi connectivity index (χ4n) is 3.14. The molecule has 0 aromatic heterocycles. The zero-order chi connectivity index (χ0) is 24.2. The van der Waals surface area contributed by atoms with Gasteiger partial charge in [-0.25, -0.2) is 12.8 Å². The van der Waals surface area contributed by atoms with E-state index in [1.165, 1.54) is 38.5 Å². The molecule has 0 radical (unpaired) electrons. The first kappa shape index (κ1) is 24.3. The smallest absolute Gasteiger partial charge is 0.262 e. The van der Waals surface area contributed by atoms with Gasteiger partial charge in [-0.1, -0.05) is 35.9 Å². The predicted molar refractivity (Wildman–Crippen MR) is 124 cm³/mol. The van der Waals surface area contributed by atoms with E-state index >= 15 is 0 Å². The van der Waals surface area contributed by atoms with Gasteiger partial charge in [-0.2, -0.15) is 0 Å². The maximum atomic E-state index is 14.0. The van der Waals surface area contributed by atoms with Gasteiger partial charge in [0.25, 0.3) is 15.9 Å². The number of carbonyl (C=O) groups excluding carboxylic acids is 1. The highest BCUT2D eigenvalue weighted by molar-refractivity contribution is 7.92. The summed E-state index contributed by atoms with van der Waals surface area (Å²) < 4.78 is 52.7. The van der Waals surface area contributed by atoms with Crippen LogP contribution in [0.25, 0.3) is 0 Å². The third kappa shape index (κ3) is 5.55. The summed E-state index contributed by atoms with van der Waals surface area (Å²) in [5, 5.41) is 3.31. The van der Waals surface area contributed by atoms with Gasteiger partial charge >= 0.3 is 0 Å². The Hall–Kier alpha value is -3.30. The Morgan fingerprint density at radius 1 is 1.03 bits per heavy atom. The van der Waals surface area contributed by atoms with E-state index in [0.717, 1.165) is 17.7 Å². The first-order chi connectivity index (χ1) is 15.7. The third-order valence-corrected chi connectivity index (χ3v) is 6.40. The quantitative estimate of drug-likeness (QED) is 0.471. The van der Waals surface area contributed by atoms with Crippen molar-refractivity contribution in [2.24, 2.45) is 0 Å². The van der Waals surface area contributed by atoms with Crippen molar-refractivity contribution in [1.82, 2.24) is 5.32 Å². The first-order valence-electron chi connectivity index (χ1n) is 9.76. The van der Waals surface area contributed by atoms with Crippen molar-refractivity contribution in [3.63, 3.8) is 0 Å². The number of ether oxygens (including phenoxy) is 2. The van der Waals surface area contributed by atoms with Gasteiger partial charge in [0.05, 0.1) is 36.4 Å². The zero-order valence-corrected chi connectivity index (χ0v) is 19.6. The van der Waals surface area contributed by atoms with Crippen molar-refractivity contribution in [3.8, 4) is 11.5 Å². The summed E-state index contributed by atoms with van der Waals surface area (Å²) in [4.78, 5) is 12.8. The molecule has 2 N–H and O–H groups in total. The van der Waals surface area contributed by atoms with Crippen LogP contribution in [0.2, 0.25) is 5.02 Å². The van der Waals surface area contributed by atoms with Crippen LogP contribution in [0.4, 0.5) is 10.1 Å².